The Morgan fingerprint density at radius 3 is 2.47 bits per heavy atom. The van der Waals surface area contributed by atoms with Crippen molar-refractivity contribution in [1.29, 1.82) is 0 Å². The Hall–Kier alpha value is -1.18. The van der Waals surface area contributed by atoms with Crippen molar-refractivity contribution in [2.24, 2.45) is 5.92 Å². The van der Waals surface area contributed by atoms with Crippen LogP contribution in [0.5, 0.6) is 5.75 Å². The summed E-state index contributed by atoms with van der Waals surface area (Å²) in [6.07, 6.45) is 8.12. The fourth-order valence-corrected chi connectivity index (χ4v) is 3.30. The van der Waals surface area contributed by atoms with Crippen molar-refractivity contribution in [3.8, 4) is 5.75 Å². The lowest BCUT2D eigenvalue weighted by Crippen LogP contribution is -2.13. The number of benzene rings is 1. The Kier molecular flexibility index (Phi) is 5.12. The van der Waals surface area contributed by atoms with Crippen LogP contribution >= 0.6 is 0 Å². The molecule has 1 aliphatic rings. The summed E-state index contributed by atoms with van der Waals surface area (Å²) in [6.45, 7) is 4.95. The van der Waals surface area contributed by atoms with Gasteiger partial charge < -0.3 is 10.5 Å². The maximum absolute atomic E-state index is 6.06. The van der Waals surface area contributed by atoms with Gasteiger partial charge in [-0.05, 0) is 62.1 Å². The van der Waals surface area contributed by atoms with E-state index < -0.39 is 0 Å². The van der Waals surface area contributed by atoms with E-state index in [1.54, 1.807) is 0 Å². The van der Waals surface area contributed by atoms with Crippen molar-refractivity contribution >= 4 is 5.69 Å². The molecule has 2 nitrogen and oxygen atoms in total. The Labute approximate surface area is 117 Å². The largest absolute Gasteiger partial charge is 0.492 e. The Bertz CT molecular complexity index is 394. The second kappa shape index (κ2) is 6.83. The lowest BCUT2D eigenvalue weighted by molar-refractivity contribution is 0.308. The Morgan fingerprint density at radius 2 is 1.89 bits per heavy atom. The third kappa shape index (κ3) is 3.65. The Morgan fingerprint density at radius 1 is 1.16 bits per heavy atom. The van der Waals surface area contributed by atoms with Crippen LogP contribution in [-0.4, -0.2) is 6.61 Å². The summed E-state index contributed by atoms with van der Waals surface area (Å²) in [4.78, 5) is 0. The first-order valence-electron chi connectivity index (χ1n) is 7.76. The van der Waals surface area contributed by atoms with Crippen LogP contribution in [0.3, 0.4) is 0 Å². The minimum atomic E-state index is 0.672. The summed E-state index contributed by atoms with van der Waals surface area (Å²) in [5, 5.41) is 0. The molecule has 1 saturated carbocycles. The van der Waals surface area contributed by atoms with Gasteiger partial charge >= 0.3 is 0 Å². The van der Waals surface area contributed by atoms with Crippen molar-refractivity contribution in [3.05, 3.63) is 23.8 Å². The highest BCUT2D eigenvalue weighted by molar-refractivity contribution is 5.54. The lowest BCUT2D eigenvalue weighted by atomic mass is 9.77. The van der Waals surface area contributed by atoms with E-state index in [-0.39, 0.29) is 0 Å². The molecule has 0 radical (unpaired) electrons. The average molecular weight is 261 g/mol. The molecule has 1 aliphatic carbocycles. The normalized spacial score (nSPS) is 23.3. The standard InChI is InChI=1S/C17H27NO/c1-3-5-13-6-8-14(9-7-13)15-10-11-17(19-4-2)16(18)12-15/h10-14H,3-9,18H2,1-2H3/t13-,14-. The number of anilines is 1. The molecule has 1 aromatic rings. The van der Waals surface area contributed by atoms with Gasteiger partial charge in [-0.3, -0.25) is 0 Å². The molecule has 1 aromatic carbocycles. The van der Waals surface area contributed by atoms with E-state index in [0.29, 0.717) is 12.5 Å². The van der Waals surface area contributed by atoms with Crippen LogP contribution in [-0.2, 0) is 0 Å². The molecule has 2 heteroatoms. The minimum absolute atomic E-state index is 0.672. The van der Waals surface area contributed by atoms with E-state index in [2.05, 4.69) is 19.1 Å². The molecule has 0 aromatic heterocycles. The maximum Gasteiger partial charge on any atom is 0.142 e. The molecule has 2 rings (SSSR count). The molecular formula is C17H27NO. The summed E-state index contributed by atoms with van der Waals surface area (Å²) in [5.41, 5.74) is 8.25. The van der Waals surface area contributed by atoms with Crippen LogP contribution in [0.15, 0.2) is 18.2 Å². The molecule has 0 spiro atoms. The molecule has 19 heavy (non-hydrogen) atoms. The van der Waals surface area contributed by atoms with Crippen LogP contribution in [0.25, 0.3) is 0 Å². The van der Waals surface area contributed by atoms with Crippen LogP contribution in [0.4, 0.5) is 5.69 Å². The highest BCUT2D eigenvalue weighted by Gasteiger charge is 2.22. The van der Waals surface area contributed by atoms with Gasteiger partial charge in [-0.1, -0.05) is 25.8 Å². The van der Waals surface area contributed by atoms with Gasteiger partial charge in [-0.15, -0.1) is 0 Å². The third-order valence-corrected chi connectivity index (χ3v) is 4.35. The first-order chi connectivity index (χ1) is 9.24. The first kappa shape index (κ1) is 14.2. The molecule has 0 atom stereocenters. The number of nitrogens with two attached hydrogens (primary N) is 1. The predicted octanol–water partition coefficient (Wildman–Crippen LogP) is 4.74. The molecule has 1 fully saturated rings. The Balaban J connectivity index is 1.97. The zero-order valence-corrected chi connectivity index (χ0v) is 12.3. The van der Waals surface area contributed by atoms with Crippen molar-refractivity contribution in [2.75, 3.05) is 12.3 Å². The van der Waals surface area contributed by atoms with Gasteiger partial charge in [-0.2, -0.15) is 0 Å². The van der Waals surface area contributed by atoms with Crippen molar-refractivity contribution in [2.45, 2.75) is 58.3 Å². The van der Waals surface area contributed by atoms with E-state index in [1.165, 1.54) is 44.1 Å². The molecule has 0 bridgehead atoms. The number of ether oxygens (including phenoxy) is 1. The molecule has 106 valence electrons. The first-order valence-corrected chi connectivity index (χ1v) is 7.76. The molecule has 0 aliphatic heterocycles. The third-order valence-electron chi connectivity index (χ3n) is 4.35. The fraction of sp³-hybridized carbons (Fsp3) is 0.647. The van der Waals surface area contributed by atoms with Crippen LogP contribution in [0, 0.1) is 5.92 Å². The van der Waals surface area contributed by atoms with Gasteiger partial charge in [0, 0.05) is 0 Å². The molecule has 2 N–H and O–H groups in total. The molecule has 0 saturated heterocycles. The van der Waals surface area contributed by atoms with Crippen molar-refractivity contribution < 1.29 is 4.74 Å². The average Bonchev–Trinajstić information content (AvgIpc) is 2.43. The van der Waals surface area contributed by atoms with Crippen LogP contribution in [0.1, 0.15) is 63.9 Å². The summed E-state index contributed by atoms with van der Waals surface area (Å²) in [6, 6.07) is 6.36. The summed E-state index contributed by atoms with van der Waals surface area (Å²) in [7, 11) is 0. The van der Waals surface area contributed by atoms with E-state index in [9.17, 15) is 0 Å². The van der Waals surface area contributed by atoms with Crippen molar-refractivity contribution in [1.82, 2.24) is 0 Å². The second-order valence-corrected chi connectivity index (χ2v) is 5.74. The monoisotopic (exact) mass is 261 g/mol. The summed E-state index contributed by atoms with van der Waals surface area (Å²) >= 11 is 0. The summed E-state index contributed by atoms with van der Waals surface area (Å²) < 4.78 is 5.50. The minimum Gasteiger partial charge on any atom is -0.492 e. The highest BCUT2D eigenvalue weighted by atomic mass is 16.5. The zero-order chi connectivity index (χ0) is 13.7. The maximum atomic E-state index is 6.06. The van der Waals surface area contributed by atoms with Crippen LogP contribution < -0.4 is 10.5 Å². The molecule has 0 amide bonds. The molecule has 0 heterocycles. The fourth-order valence-electron chi connectivity index (χ4n) is 3.30. The number of hydrogen-bond donors (Lipinski definition) is 1. The number of rotatable bonds is 5. The van der Waals surface area contributed by atoms with Gasteiger partial charge in [-0.25, -0.2) is 0 Å². The molecular weight excluding hydrogens is 234 g/mol. The molecule has 0 unspecified atom stereocenters. The van der Waals surface area contributed by atoms with Gasteiger partial charge in [0.1, 0.15) is 5.75 Å². The predicted molar refractivity (Wildman–Crippen MR) is 81.6 cm³/mol. The highest BCUT2D eigenvalue weighted by Crippen LogP contribution is 2.39. The number of nitrogen functional groups attached to an aromatic ring is 1. The zero-order valence-electron chi connectivity index (χ0n) is 12.3. The smallest absolute Gasteiger partial charge is 0.142 e. The van der Waals surface area contributed by atoms with Gasteiger partial charge in [0.15, 0.2) is 0 Å². The number of hydrogen-bond acceptors (Lipinski definition) is 2. The van der Waals surface area contributed by atoms with Crippen molar-refractivity contribution in [3.63, 3.8) is 0 Å². The second-order valence-electron chi connectivity index (χ2n) is 5.74. The lowest BCUT2D eigenvalue weighted by Gasteiger charge is -2.29. The van der Waals surface area contributed by atoms with E-state index in [0.717, 1.165) is 17.4 Å². The van der Waals surface area contributed by atoms with Gasteiger partial charge in [0.2, 0.25) is 0 Å². The van der Waals surface area contributed by atoms with E-state index in [4.69, 9.17) is 10.5 Å². The van der Waals surface area contributed by atoms with Gasteiger partial charge in [0.25, 0.3) is 0 Å². The quantitative estimate of drug-likeness (QED) is 0.777. The topological polar surface area (TPSA) is 35.2 Å². The van der Waals surface area contributed by atoms with Gasteiger partial charge in [0.05, 0.1) is 12.3 Å². The van der Waals surface area contributed by atoms with E-state index >= 15 is 0 Å². The van der Waals surface area contributed by atoms with E-state index in [1.807, 2.05) is 13.0 Å². The SMILES string of the molecule is CCC[C@H]1CC[C@H](c2ccc(OCC)c(N)c2)CC1. The summed E-state index contributed by atoms with van der Waals surface area (Å²) in [5.74, 6) is 2.48. The van der Waals surface area contributed by atoms with Crippen LogP contribution in [0.2, 0.25) is 0 Å².